The van der Waals surface area contributed by atoms with Gasteiger partial charge in [-0.3, -0.25) is 9.59 Å². The number of aromatic nitrogens is 2. The first-order valence-corrected chi connectivity index (χ1v) is 9.88. The fourth-order valence-corrected chi connectivity index (χ4v) is 3.49. The van der Waals surface area contributed by atoms with E-state index in [1.165, 1.54) is 23.9 Å². The second-order valence-corrected chi connectivity index (χ2v) is 7.19. The highest BCUT2D eigenvalue weighted by Gasteiger charge is 2.09. The topological polar surface area (TPSA) is 84.1 Å². The molecular weight excluding hydrogens is 393 g/mol. The van der Waals surface area contributed by atoms with Gasteiger partial charge in [-0.05, 0) is 29.3 Å². The van der Waals surface area contributed by atoms with Crippen molar-refractivity contribution in [2.75, 3.05) is 7.11 Å². The van der Waals surface area contributed by atoms with Crippen molar-refractivity contribution in [1.82, 2.24) is 15.3 Å². The Morgan fingerprint density at radius 1 is 1.21 bits per heavy atom. The fourth-order valence-electron chi connectivity index (χ4n) is 2.61. The first-order valence-electron chi connectivity index (χ1n) is 8.89. The van der Waals surface area contributed by atoms with Crippen molar-refractivity contribution in [3.05, 3.63) is 87.6 Å². The van der Waals surface area contributed by atoms with Gasteiger partial charge in [0.05, 0.1) is 19.2 Å². The number of hydrogen-bond donors (Lipinski definition) is 2. The highest BCUT2D eigenvalue weighted by Crippen LogP contribution is 2.20. The van der Waals surface area contributed by atoms with Crippen LogP contribution in [-0.4, -0.2) is 23.0 Å². The maximum Gasteiger partial charge on any atom is 0.251 e. The molecule has 29 heavy (non-hydrogen) atoms. The van der Waals surface area contributed by atoms with E-state index in [4.69, 9.17) is 4.74 Å². The molecule has 0 saturated carbocycles. The Bertz CT molecular complexity index is 1060. The van der Waals surface area contributed by atoms with E-state index >= 15 is 0 Å². The third-order valence-electron chi connectivity index (χ3n) is 4.06. The zero-order valence-electron chi connectivity index (χ0n) is 15.8. The van der Waals surface area contributed by atoms with Gasteiger partial charge in [-0.15, -0.1) is 0 Å². The minimum atomic E-state index is -0.355. The molecule has 0 radical (unpaired) electrons. The van der Waals surface area contributed by atoms with Gasteiger partial charge in [-0.1, -0.05) is 42.1 Å². The highest BCUT2D eigenvalue weighted by molar-refractivity contribution is 7.98. The molecule has 0 aliphatic heterocycles. The summed E-state index contributed by atoms with van der Waals surface area (Å²) in [5, 5.41) is 3.14. The predicted molar refractivity (Wildman–Crippen MR) is 109 cm³/mol. The molecule has 2 aromatic carbocycles. The number of benzene rings is 2. The predicted octanol–water partition coefficient (Wildman–Crippen LogP) is 3.07. The Balaban J connectivity index is 1.59. The van der Waals surface area contributed by atoms with E-state index in [0.717, 1.165) is 5.56 Å². The molecule has 1 amide bonds. The Hall–Kier alpha value is -3.13. The highest BCUT2D eigenvalue weighted by atomic mass is 32.2. The Morgan fingerprint density at radius 2 is 2.03 bits per heavy atom. The summed E-state index contributed by atoms with van der Waals surface area (Å²) in [7, 11) is 1.58. The third kappa shape index (κ3) is 6.18. The monoisotopic (exact) mass is 413 g/mol. The summed E-state index contributed by atoms with van der Waals surface area (Å²) >= 11 is 1.21. The standard InChI is InChI=1S/C21H20FN3O3S/c1-28-17-7-4-5-14(9-17)12-23-19(26)10-16-11-20(27)25-21(24-16)29-13-15-6-2-3-8-18(15)22/h2-9,11H,10,12-13H2,1H3,(H,23,26)(H,24,25,27). The average molecular weight is 413 g/mol. The van der Waals surface area contributed by atoms with Crippen LogP contribution in [0.5, 0.6) is 5.75 Å². The number of ether oxygens (including phenoxy) is 1. The van der Waals surface area contributed by atoms with Crippen LogP contribution in [0.3, 0.4) is 0 Å². The Labute approximate surface area is 171 Å². The second kappa shape index (κ2) is 9.88. The van der Waals surface area contributed by atoms with E-state index in [1.807, 2.05) is 24.3 Å². The largest absolute Gasteiger partial charge is 0.497 e. The molecular formula is C21H20FN3O3S. The molecule has 0 saturated heterocycles. The van der Waals surface area contributed by atoms with Gasteiger partial charge in [-0.25, -0.2) is 9.37 Å². The summed E-state index contributed by atoms with van der Waals surface area (Å²) in [5.41, 5.74) is 1.42. The SMILES string of the molecule is COc1cccc(CNC(=O)Cc2cc(=O)[nH]c(SCc3ccccc3F)n2)c1. The maximum absolute atomic E-state index is 13.7. The number of aromatic amines is 1. The van der Waals surface area contributed by atoms with Gasteiger partial charge in [-0.2, -0.15) is 0 Å². The molecule has 2 N–H and O–H groups in total. The number of hydrogen-bond acceptors (Lipinski definition) is 5. The summed E-state index contributed by atoms with van der Waals surface area (Å²) < 4.78 is 18.9. The van der Waals surface area contributed by atoms with Crippen LogP contribution in [0.2, 0.25) is 0 Å². The van der Waals surface area contributed by atoms with Crippen molar-refractivity contribution in [3.63, 3.8) is 0 Å². The van der Waals surface area contributed by atoms with Crippen molar-refractivity contribution in [2.45, 2.75) is 23.9 Å². The number of H-pyrrole nitrogens is 1. The number of methoxy groups -OCH3 is 1. The molecule has 0 aliphatic rings. The van der Waals surface area contributed by atoms with Gasteiger partial charge in [0, 0.05) is 18.4 Å². The number of thioether (sulfide) groups is 1. The zero-order chi connectivity index (χ0) is 20.6. The number of halogens is 1. The molecule has 8 heteroatoms. The van der Waals surface area contributed by atoms with Crippen molar-refractivity contribution in [3.8, 4) is 5.75 Å². The van der Waals surface area contributed by atoms with E-state index in [2.05, 4.69) is 15.3 Å². The number of nitrogens with zero attached hydrogens (tertiary/aromatic N) is 1. The summed E-state index contributed by atoms with van der Waals surface area (Å²) in [6, 6.07) is 15.1. The first-order chi connectivity index (χ1) is 14.0. The average Bonchev–Trinajstić information content (AvgIpc) is 2.71. The number of rotatable bonds is 8. The second-order valence-electron chi connectivity index (χ2n) is 6.23. The fraction of sp³-hybridized carbons (Fsp3) is 0.190. The minimum absolute atomic E-state index is 0.0266. The van der Waals surface area contributed by atoms with Crippen LogP contribution in [0.15, 0.2) is 64.5 Å². The molecule has 0 bridgehead atoms. The van der Waals surface area contributed by atoms with Crippen LogP contribution in [0.4, 0.5) is 4.39 Å². The number of carbonyl (C=O) groups excluding carboxylic acids is 1. The lowest BCUT2D eigenvalue weighted by Crippen LogP contribution is -2.25. The van der Waals surface area contributed by atoms with Gasteiger partial charge < -0.3 is 15.0 Å². The van der Waals surface area contributed by atoms with Crippen LogP contribution in [-0.2, 0) is 23.5 Å². The van der Waals surface area contributed by atoms with Crippen LogP contribution in [0, 0.1) is 5.82 Å². The van der Waals surface area contributed by atoms with Crippen molar-refractivity contribution in [1.29, 1.82) is 0 Å². The van der Waals surface area contributed by atoms with Crippen molar-refractivity contribution >= 4 is 17.7 Å². The van der Waals surface area contributed by atoms with Crippen molar-refractivity contribution < 1.29 is 13.9 Å². The van der Waals surface area contributed by atoms with Gasteiger partial charge in [0.15, 0.2) is 5.16 Å². The third-order valence-corrected chi connectivity index (χ3v) is 4.98. The normalized spacial score (nSPS) is 10.6. The molecule has 1 aromatic heterocycles. The van der Waals surface area contributed by atoms with E-state index < -0.39 is 0 Å². The molecule has 150 valence electrons. The van der Waals surface area contributed by atoms with Crippen LogP contribution >= 0.6 is 11.8 Å². The summed E-state index contributed by atoms with van der Waals surface area (Å²) in [4.78, 5) is 31.0. The Morgan fingerprint density at radius 3 is 2.83 bits per heavy atom. The number of nitrogens with one attached hydrogen (secondary N) is 2. The number of carbonyl (C=O) groups is 1. The summed E-state index contributed by atoms with van der Waals surface area (Å²) in [6.07, 6.45) is -0.0266. The lowest BCUT2D eigenvalue weighted by molar-refractivity contribution is -0.120. The first kappa shape index (κ1) is 20.6. The van der Waals surface area contributed by atoms with E-state index in [9.17, 15) is 14.0 Å². The van der Waals surface area contributed by atoms with Crippen LogP contribution < -0.4 is 15.6 Å². The molecule has 0 spiro atoms. The lowest BCUT2D eigenvalue weighted by atomic mass is 10.2. The summed E-state index contributed by atoms with van der Waals surface area (Å²) in [6.45, 7) is 0.341. The Kier molecular flexibility index (Phi) is 7.02. The van der Waals surface area contributed by atoms with Crippen LogP contribution in [0.1, 0.15) is 16.8 Å². The van der Waals surface area contributed by atoms with Gasteiger partial charge in [0.2, 0.25) is 5.91 Å². The molecule has 6 nitrogen and oxygen atoms in total. The quantitative estimate of drug-likeness (QED) is 0.438. The van der Waals surface area contributed by atoms with E-state index in [1.54, 1.807) is 25.3 Å². The molecule has 0 atom stereocenters. The molecule has 0 unspecified atom stereocenters. The molecule has 3 aromatic rings. The zero-order valence-corrected chi connectivity index (χ0v) is 16.6. The smallest absolute Gasteiger partial charge is 0.251 e. The molecule has 0 aliphatic carbocycles. The van der Waals surface area contributed by atoms with Gasteiger partial charge >= 0.3 is 0 Å². The molecule has 3 rings (SSSR count). The summed E-state index contributed by atoms with van der Waals surface area (Å²) in [5.74, 6) is 0.470. The lowest BCUT2D eigenvalue weighted by Gasteiger charge is -2.08. The molecule has 1 heterocycles. The van der Waals surface area contributed by atoms with Gasteiger partial charge in [0.1, 0.15) is 11.6 Å². The number of amides is 1. The van der Waals surface area contributed by atoms with Crippen molar-refractivity contribution in [2.24, 2.45) is 0 Å². The maximum atomic E-state index is 13.7. The van der Waals surface area contributed by atoms with E-state index in [0.29, 0.717) is 34.5 Å². The molecule has 0 fully saturated rings. The van der Waals surface area contributed by atoms with Crippen LogP contribution in [0.25, 0.3) is 0 Å². The van der Waals surface area contributed by atoms with Gasteiger partial charge in [0.25, 0.3) is 5.56 Å². The minimum Gasteiger partial charge on any atom is -0.497 e. The van der Waals surface area contributed by atoms with E-state index in [-0.39, 0.29) is 23.7 Å².